The summed E-state index contributed by atoms with van der Waals surface area (Å²) >= 11 is 0. The highest BCUT2D eigenvalue weighted by Crippen LogP contribution is 2.41. The topological polar surface area (TPSA) is 79.4 Å². The summed E-state index contributed by atoms with van der Waals surface area (Å²) in [6, 6.07) is 2.94. The van der Waals surface area contributed by atoms with Crippen molar-refractivity contribution in [1.82, 2.24) is 0 Å². The number of halogens is 3. The highest BCUT2D eigenvalue weighted by Gasteiger charge is 2.38. The van der Waals surface area contributed by atoms with Gasteiger partial charge in [0.1, 0.15) is 6.07 Å². The molecule has 1 aromatic carbocycles. The summed E-state index contributed by atoms with van der Waals surface area (Å²) in [6.07, 6.45) is -4.79. The Morgan fingerprint density at radius 1 is 1.33 bits per heavy atom. The fourth-order valence-corrected chi connectivity index (χ4v) is 2.15. The molecule has 9 heteroatoms. The van der Waals surface area contributed by atoms with Crippen LogP contribution in [0.15, 0.2) is 12.1 Å². The predicted molar refractivity (Wildman–Crippen MR) is 65.8 cm³/mol. The number of nitro groups is 1. The molecule has 6 nitrogen and oxygen atoms in total. The summed E-state index contributed by atoms with van der Waals surface area (Å²) < 4.78 is 44.6. The van der Waals surface area contributed by atoms with E-state index in [9.17, 15) is 23.3 Å². The van der Waals surface area contributed by atoms with E-state index in [0.717, 1.165) is 6.07 Å². The fraction of sp³-hybridized carbons (Fsp3) is 0.417. The molecule has 0 radical (unpaired) electrons. The summed E-state index contributed by atoms with van der Waals surface area (Å²) in [4.78, 5) is 11.2. The maximum Gasteiger partial charge on any atom is 0.418 e. The summed E-state index contributed by atoms with van der Waals surface area (Å²) in [7, 11) is 0. The normalized spacial score (nSPS) is 15.6. The van der Waals surface area contributed by atoms with Crippen molar-refractivity contribution in [2.24, 2.45) is 0 Å². The van der Waals surface area contributed by atoms with E-state index in [2.05, 4.69) is 0 Å². The molecule has 0 unspecified atom stereocenters. The molecule has 1 aliphatic heterocycles. The number of rotatable bonds is 2. The molecule has 0 atom stereocenters. The van der Waals surface area contributed by atoms with Gasteiger partial charge < -0.3 is 9.64 Å². The third-order valence-electron chi connectivity index (χ3n) is 3.06. The van der Waals surface area contributed by atoms with Gasteiger partial charge in [-0.25, -0.2) is 0 Å². The lowest BCUT2D eigenvalue weighted by atomic mass is 10.0. The number of hydrogen-bond acceptors (Lipinski definition) is 5. The van der Waals surface area contributed by atoms with Crippen molar-refractivity contribution in [2.45, 2.75) is 6.18 Å². The van der Waals surface area contributed by atoms with Crippen LogP contribution in [0.3, 0.4) is 0 Å². The minimum absolute atomic E-state index is 0.190. The predicted octanol–water partition coefficient (Wildman–Crippen LogP) is 2.32. The molecular formula is C12H10F3N3O3. The van der Waals surface area contributed by atoms with Crippen LogP contribution in [0.2, 0.25) is 0 Å². The Hall–Kier alpha value is -2.34. The minimum atomic E-state index is -4.79. The molecule has 0 spiro atoms. The number of nitrogens with zero attached hydrogens (tertiary/aromatic N) is 3. The number of alkyl halides is 3. The number of benzene rings is 1. The number of morpholine rings is 1. The Morgan fingerprint density at radius 2 is 1.95 bits per heavy atom. The maximum absolute atomic E-state index is 13.2. The number of hydrogen-bond donors (Lipinski definition) is 0. The van der Waals surface area contributed by atoms with Crippen molar-refractivity contribution in [3.05, 3.63) is 33.4 Å². The van der Waals surface area contributed by atoms with E-state index in [4.69, 9.17) is 10.00 Å². The van der Waals surface area contributed by atoms with Crippen LogP contribution in [0.4, 0.5) is 24.5 Å². The smallest absolute Gasteiger partial charge is 0.378 e. The van der Waals surface area contributed by atoms with Gasteiger partial charge in [0.05, 0.1) is 35.0 Å². The first kappa shape index (κ1) is 15.1. The Bertz CT molecular complexity index is 604. The molecule has 0 aliphatic carbocycles. The van der Waals surface area contributed by atoms with E-state index in [-0.39, 0.29) is 37.6 Å². The van der Waals surface area contributed by atoms with Crippen LogP contribution in [-0.4, -0.2) is 31.2 Å². The monoisotopic (exact) mass is 301 g/mol. The average molecular weight is 301 g/mol. The molecule has 1 aliphatic rings. The summed E-state index contributed by atoms with van der Waals surface area (Å²) in [6.45, 7) is 0.851. The standard InChI is InChI=1S/C12H10F3N3O3/c13-12(14,15)10-6-9(18(19)20)5-8(7-16)11(10)17-1-3-21-4-2-17/h5-6H,1-4H2. The molecule has 0 amide bonds. The van der Waals surface area contributed by atoms with Gasteiger partial charge in [0, 0.05) is 25.2 Å². The third-order valence-corrected chi connectivity index (χ3v) is 3.06. The number of non-ortho nitro benzene ring substituents is 1. The van der Waals surface area contributed by atoms with Crippen LogP contribution >= 0.6 is 0 Å². The zero-order valence-electron chi connectivity index (χ0n) is 10.7. The minimum Gasteiger partial charge on any atom is -0.378 e. The SMILES string of the molecule is N#Cc1cc([N+](=O)[O-])cc(C(F)(F)F)c1N1CCOCC1. The molecule has 0 N–H and O–H groups in total. The first-order chi connectivity index (χ1) is 9.84. The van der Waals surface area contributed by atoms with E-state index in [1.807, 2.05) is 0 Å². The van der Waals surface area contributed by atoms with Crippen LogP contribution in [0.5, 0.6) is 0 Å². The average Bonchev–Trinajstić information content (AvgIpc) is 2.45. The lowest BCUT2D eigenvalue weighted by Crippen LogP contribution is -2.38. The van der Waals surface area contributed by atoms with E-state index in [1.165, 1.54) is 4.90 Å². The number of nitro benzene ring substituents is 1. The van der Waals surface area contributed by atoms with Crippen LogP contribution in [0.1, 0.15) is 11.1 Å². The largest absolute Gasteiger partial charge is 0.418 e. The Balaban J connectivity index is 2.65. The number of anilines is 1. The maximum atomic E-state index is 13.2. The molecule has 0 aromatic heterocycles. The summed E-state index contributed by atoms with van der Waals surface area (Å²) in [5.74, 6) is 0. The van der Waals surface area contributed by atoms with Gasteiger partial charge in [0.2, 0.25) is 0 Å². The molecule has 1 saturated heterocycles. The van der Waals surface area contributed by atoms with Gasteiger partial charge in [-0.1, -0.05) is 0 Å². The molecule has 1 heterocycles. The Labute approximate surface area is 117 Å². The van der Waals surface area contributed by atoms with Crippen LogP contribution in [-0.2, 0) is 10.9 Å². The second kappa shape index (κ2) is 5.57. The van der Waals surface area contributed by atoms with Crippen molar-refractivity contribution in [3.8, 4) is 6.07 Å². The lowest BCUT2D eigenvalue weighted by molar-refractivity contribution is -0.385. The van der Waals surface area contributed by atoms with E-state index in [1.54, 1.807) is 6.07 Å². The quantitative estimate of drug-likeness (QED) is 0.618. The Morgan fingerprint density at radius 3 is 2.43 bits per heavy atom. The first-order valence-electron chi connectivity index (χ1n) is 5.97. The molecule has 0 bridgehead atoms. The van der Waals surface area contributed by atoms with E-state index >= 15 is 0 Å². The fourth-order valence-electron chi connectivity index (χ4n) is 2.15. The van der Waals surface area contributed by atoms with Crippen molar-refractivity contribution >= 4 is 11.4 Å². The van der Waals surface area contributed by atoms with Crippen molar-refractivity contribution in [2.75, 3.05) is 31.2 Å². The van der Waals surface area contributed by atoms with Gasteiger partial charge in [0.15, 0.2) is 0 Å². The van der Waals surface area contributed by atoms with Crippen molar-refractivity contribution < 1.29 is 22.8 Å². The van der Waals surface area contributed by atoms with Gasteiger partial charge in [-0.2, -0.15) is 18.4 Å². The molecule has 1 aromatic rings. The summed E-state index contributed by atoms with van der Waals surface area (Å²) in [5, 5.41) is 19.8. The second-order valence-corrected chi connectivity index (χ2v) is 4.36. The third kappa shape index (κ3) is 3.05. The van der Waals surface area contributed by atoms with Gasteiger partial charge in [0.25, 0.3) is 5.69 Å². The lowest BCUT2D eigenvalue weighted by Gasteiger charge is -2.31. The van der Waals surface area contributed by atoms with Crippen LogP contribution in [0, 0.1) is 21.4 Å². The van der Waals surface area contributed by atoms with Crippen molar-refractivity contribution in [1.29, 1.82) is 5.26 Å². The van der Waals surface area contributed by atoms with E-state index < -0.39 is 22.4 Å². The molecule has 2 rings (SSSR count). The first-order valence-corrected chi connectivity index (χ1v) is 5.97. The van der Waals surface area contributed by atoms with Crippen LogP contribution < -0.4 is 4.90 Å². The second-order valence-electron chi connectivity index (χ2n) is 4.36. The van der Waals surface area contributed by atoms with Gasteiger partial charge in [-0.15, -0.1) is 0 Å². The zero-order valence-corrected chi connectivity index (χ0v) is 10.7. The molecule has 1 fully saturated rings. The van der Waals surface area contributed by atoms with E-state index in [0.29, 0.717) is 6.07 Å². The molecular weight excluding hydrogens is 291 g/mol. The van der Waals surface area contributed by atoms with Crippen LogP contribution in [0.25, 0.3) is 0 Å². The van der Waals surface area contributed by atoms with Crippen molar-refractivity contribution in [3.63, 3.8) is 0 Å². The molecule has 21 heavy (non-hydrogen) atoms. The summed E-state index contributed by atoms with van der Waals surface area (Å²) in [5.41, 5.74) is -2.61. The van der Waals surface area contributed by atoms with Gasteiger partial charge in [-0.05, 0) is 0 Å². The molecule has 0 saturated carbocycles. The number of ether oxygens (including phenoxy) is 1. The Kier molecular flexibility index (Phi) is 3.99. The number of nitriles is 1. The highest BCUT2D eigenvalue weighted by atomic mass is 19.4. The van der Waals surface area contributed by atoms with Gasteiger partial charge in [-0.3, -0.25) is 10.1 Å². The van der Waals surface area contributed by atoms with Gasteiger partial charge >= 0.3 is 6.18 Å². The zero-order chi connectivity index (χ0) is 15.6. The highest BCUT2D eigenvalue weighted by molar-refractivity contribution is 5.69. The molecule has 112 valence electrons.